The largest absolute Gasteiger partial charge is 0.357 e. The molecular weight excluding hydrogens is 330 g/mol. The van der Waals surface area contributed by atoms with Crippen molar-refractivity contribution >= 4 is 23.4 Å². The number of hydrogen-bond acceptors (Lipinski definition) is 4. The van der Waals surface area contributed by atoms with E-state index in [2.05, 4.69) is 15.6 Å². The smallest absolute Gasteiger partial charge is 0.276 e. The molecule has 7 nitrogen and oxygen atoms in total. The lowest BCUT2D eigenvalue weighted by Crippen LogP contribution is -2.51. The number of hydrogen-bond donors (Lipinski definition) is 1. The van der Waals surface area contributed by atoms with Gasteiger partial charge in [0.05, 0.1) is 11.9 Å². The predicted molar refractivity (Wildman–Crippen MR) is 89.1 cm³/mol. The minimum atomic E-state index is -0.447. The molecule has 0 unspecified atom stereocenters. The Balaban J connectivity index is 1.82. The van der Waals surface area contributed by atoms with Crippen molar-refractivity contribution in [2.24, 2.45) is 0 Å². The number of carbonyl (C=O) groups is 2. The van der Waals surface area contributed by atoms with Gasteiger partial charge in [0.2, 0.25) is 5.91 Å². The fraction of sp³-hybridized carbons (Fsp3) is 0.375. The average molecular weight is 348 g/mol. The highest BCUT2D eigenvalue weighted by atomic mass is 35.5. The highest BCUT2D eigenvalue weighted by molar-refractivity contribution is 6.30. The molecule has 0 radical (unpaired) electrons. The standard InChI is InChI=1S/C16H18ClN5O2/c1-18-15(23)14-4-2-3-9-21(14)16(24)13-10-22(20-19-13)12-7-5-11(17)6-8-12/h5-8,10,14H,2-4,9H2,1H3,(H,18,23)/t14-/m1/s1. The van der Waals surface area contributed by atoms with E-state index >= 15 is 0 Å². The second-order valence-corrected chi connectivity index (χ2v) is 6.09. The molecule has 0 spiro atoms. The van der Waals surface area contributed by atoms with Crippen molar-refractivity contribution in [3.05, 3.63) is 41.2 Å². The van der Waals surface area contributed by atoms with Gasteiger partial charge in [0, 0.05) is 18.6 Å². The van der Waals surface area contributed by atoms with E-state index in [-0.39, 0.29) is 17.5 Å². The molecule has 1 fully saturated rings. The first-order valence-electron chi connectivity index (χ1n) is 7.81. The number of nitrogens with zero attached hydrogens (tertiary/aromatic N) is 4. The van der Waals surface area contributed by atoms with Crippen LogP contribution in [0.4, 0.5) is 0 Å². The van der Waals surface area contributed by atoms with Crippen LogP contribution in [-0.2, 0) is 4.79 Å². The van der Waals surface area contributed by atoms with Gasteiger partial charge in [-0.15, -0.1) is 5.10 Å². The molecule has 1 N–H and O–H groups in total. The number of carbonyl (C=O) groups excluding carboxylic acids is 2. The molecular formula is C16H18ClN5O2. The molecule has 8 heteroatoms. The summed E-state index contributed by atoms with van der Waals surface area (Å²) in [4.78, 5) is 26.3. The van der Waals surface area contributed by atoms with Gasteiger partial charge in [0.15, 0.2) is 5.69 Å². The molecule has 3 rings (SSSR count). The Morgan fingerprint density at radius 3 is 2.71 bits per heavy atom. The third kappa shape index (κ3) is 3.26. The van der Waals surface area contributed by atoms with Crippen molar-refractivity contribution in [2.75, 3.05) is 13.6 Å². The molecule has 0 saturated carbocycles. The lowest BCUT2D eigenvalue weighted by molar-refractivity contribution is -0.126. The van der Waals surface area contributed by atoms with E-state index in [0.29, 0.717) is 18.0 Å². The lowest BCUT2D eigenvalue weighted by atomic mass is 10.0. The first-order valence-corrected chi connectivity index (χ1v) is 8.19. The zero-order chi connectivity index (χ0) is 17.1. The Hall–Kier alpha value is -2.41. The van der Waals surface area contributed by atoms with Crippen molar-refractivity contribution in [3.63, 3.8) is 0 Å². The van der Waals surface area contributed by atoms with Gasteiger partial charge in [-0.2, -0.15) is 0 Å². The van der Waals surface area contributed by atoms with Crippen molar-refractivity contribution in [2.45, 2.75) is 25.3 Å². The summed E-state index contributed by atoms with van der Waals surface area (Å²) < 4.78 is 1.52. The minimum absolute atomic E-state index is 0.145. The van der Waals surface area contributed by atoms with Gasteiger partial charge in [0.1, 0.15) is 6.04 Å². The molecule has 1 aromatic carbocycles. The second-order valence-electron chi connectivity index (χ2n) is 5.65. The number of benzene rings is 1. The molecule has 2 heterocycles. The van der Waals surface area contributed by atoms with Gasteiger partial charge >= 0.3 is 0 Å². The van der Waals surface area contributed by atoms with Gasteiger partial charge in [-0.05, 0) is 43.5 Å². The average Bonchev–Trinajstić information content (AvgIpc) is 3.11. The van der Waals surface area contributed by atoms with Gasteiger partial charge in [-0.3, -0.25) is 9.59 Å². The van der Waals surface area contributed by atoms with Crippen LogP contribution in [-0.4, -0.2) is 51.3 Å². The fourth-order valence-corrected chi connectivity index (χ4v) is 2.97. The number of aromatic nitrogens is 3. The predicted octanol–water partition coefficient (Wildman–Crippen LogP) is 1.66. The molecule has 1 aromatic heterocycles. The molecule has 2 amide bonds. The Bertz CT molecular complexity index is 743. The number of piperidine rings is 1. The van der Waals surface area contributed by atoms with Crippen LogP contribution in [0.2, 0.25) is 5.02 Å². The van der Waals surface area contributed by atoms with E-state index in [1.54, 1.807) is 42.4 Å². The fourth-order valence-electron chi connectivity index (χ4n) is 2.84. The normalized spacial score (nSPS) is 17.6. The van der Waals surface area contributed by atoms with E-state index in [9.17, 15) is 9.59 Å². The van der Waals surface area contributed by atoms with Gasteiger partial charge in [-0.25, -0.2) is 4.68 Å². The summed E-state index contributed by atoms with van der Waals surface area (Å²) in [5, 5.41) is 11.2. The maximum atomic E-state index is 12.7. The molecule has 1 aliphatic rings. The van der Waals surface area contributed by atoms with E-state index in [1.165, 1.54) is 4.68 Å². The quantitative estimate of drug-likeness (QED) is 0.915. The topological polar surface area (TPSA) is 80.1 Å². The third-order valence-electron chi connectivity index (χ3n) is 4.12. The molecule has 1 atom stereocenters. The monoisotopic (exact) mass is 347 g/mol. The summed E-state index contributed by atoms with van der Waals surface area (Å²) in [7, 11) is 1.58. The van der Waals surface area contributed by atoms with Gasteiger partial charge in [0.25, 0.3) is 5.91 Å². The minimum Gasteiger partial charge on any atom is -0.357 e. The Morgan fingerprint density at radius 1 is 1.25 bits per heavy atom. The summed E-state index contributed by atoms with van der Waals surface area (Å²) in [6.07, 6.45) is 4.04. The number of halogens is 1. The van der Waals surface area contributed by atoms with Crippen LogP contribution in [0.5, 0.6) is 0 Å². The van der Waals surface area contributed by atoms with Crippen LogP contribution in [0.1, 0.15) is 29.8 Å². The molecule has 0 bridgehead atoms. The Morgan fingerprint density at radius 2 is 2.00 bits per heavy atom. The van der Waals surface area contributed by atoms with Gasteiger partial charge < -0.3 is 10.2 Å². The second kappa shape index (κ2) is 7.00. The van der Waals surface area contributed by atoms with E-state index < -0.39 is 6.04 Å². The van der Waals surface area contributed by atoms with Crippen LogP contribution in [0, 0.1) is 0 Å². The molecule has 1 aliphatic heterocycles. The maximum Gasteiger partial charge on any atom is 0.276 e. The number of nitrogens with one attached hydrogen (secondary N) is 1. The summed E-state index contributed by atoms with van der Waals surface area (Å²) in [5.74, 6) is -0.420. The van der Waals surface area contributed by atoms with Crippen LogP contribution in [0.3, 0.4) is 0 Å². The lowest BCUT2D eigenvalue weighted by Gasteiger charge is -2.33. The number of rotatable bonds is 3. The van der Waals surface area contributed by atoms with Crippen molar-refractivity contribution in [1.29, 1.82) is 0 Å². The molecule has 24 heavy (non-hydrogen) atoms. The highest BCUT2D eigenvalue weighted by Gasteiger charge is 2.33. The van der Waals surface area contributed by atoms with Crippen molar-refractivity contribution < 1.29 is 9.59 Å². The number of likely N-dealkylation sites (N-methyl/N-ethyl adjacent to an activating group) is 1. The van der Waals surface area contributed by atoms with Crippen LogP contribution in [0.25, 0.3) is 5.69 Å². The van der Waals surface area contributed by atoms with E-state index in [4.69, 9.17) is 11.6 Å². The first kappa shape index (κ1) is 16.4. The highest BCUT2D eigenvalue weighted by Crippen LogP contribution is 2.20. The van der Waals surface area contributed by atoms with Crippen LogP contribution in [0.15, 0.2) is 30.5 Å². The summed E-state index contributed by atoms with van der Waals surface area (Å²) in [6, 6.07) is 6.62. The van der Waals surface area contributed by atoms with Crippen molar-refractivity contribution in [3.8, 4) is 5.69 Å². The molecule has 0 aliphatic carbocycles. The van der Waals surface area contributed by atoms with Crippen LogP contribution >= 0.6 is 11.6 Å². The van der Waals surface area contributed by atoms with E-state index in [0.717, 1.165) is 18.5 Å². The summed E-state index contributed by atoms with van der Waals surface area (Å²) in [6.45, 7) is 0.546. The van der Waals surface area contributed by atoms with Crippen LogP contribution < -0.4 is 5.32 Å². The molecule has 1 saturated heterocycles. The number of likely N-dealkylation sites (tertiary alicyclic amines) is 1. The summed E-state index contributed by atoms with van der Waals surface area (Å²) >= 11 is 5.87. The van der Waals surface area contributed by atoms with Crippen molar-refractivity contribution in [1.82, 2.24) is 25.2 Å². The molecule has 126 valence electrons. The first-order chi connectivity index (χ1) is 11.6. The van der Waals surface area contributed by atoms with Gasteiger partial charge in [-0.1, -0.05) is 16.8 Å². The Kier molecular flexibility index (Phi) is 4.80. The maximum absolute atomic E-state index is 12.7. The zero-order valence-corrected chi connectivity index (χ0v) is 14.0. The zero-order valence-electron chi connectivity index (χ0n) is 13.3. The molecule has 2 aromatic rings. The SMILES string of the molecule is CNC(=O)[C@H]1CCCCN1C(=O)c1cn(-c2ccc(Cl)cc2)nn1. The summed E-state index contributed by atoms with van der Waals surface area (Å²) in [5.41, 5.74) is 0.980. The Labute approximate surface area is 144 Å². The number of amides is 2. The van der Waals surface area contributed by atoms with E-state index in [1.807, 2.05) is 0 Å². The third-order valence-corrected chi connectivity index (χ3v) is 4.37.